The predicted molar refractivity (Wildman–Crippen MR) is 211 cm³/mol. The lowest BCUT2D eigenvalue weighted by Crippen LogP contribution is -2.52. The Labute approximate surface area is 324 Å². The van der Waals surface area contributed by atoms with E-state index in [0.717, 1.165) is 34.8 Å². The van der Waals surface area contributed by atoms with Gasteiger partial charge < -0.3 is 37.6 Å². The third-order valence-electron chi connectivity index (χ3n) is 10.8. The Morgan fingerprint density at radius 2 is 1.26 bits per heavy atom. The molecule has 6 atom stereocenters. The Morgan fingerprint density at radius 1 is 0.741 bits per heavy atom. The number of rotatable bonds is 18. The number of methoxy groups -OCH3 is 1. The number of carbonyl (C=O) groups is 1. The molecule has 9 nitrogen and oxygen atoms in total. The molecule has 0 unspecified atom stereocenters. The third-order valence-corrected chi connectivity index (χ3v) is 15.5. The van der Waals surface area contributed by atoms with Crippen LogP contribution in [0.4, 0.5) is 0 Å². The summed E-state index contributed by atoms with van der Waals surface area (Å²) in [6, 6.07) is 33.9. The van der Waals surface area contributed by atoms with Crippen LogP contribution in [0.1, 0.15) is 78.5 Å². The van der Waals surface area contributed by atoms with Gasteiger partial charge >= 0.3 is 5.97 Å². The van der Waals surface area contributed by atoms with Gasteiger partial charge in [0.05, 0.1) is 18.1 Å². The van der Waals surface area contributed by atoms with Crippen molar-refractivity contribution in [2.75, 3.05) is 27.1 Å². The SMILES string of the molecule is CC[Si](CC)(CC)O[C@@H]1[C@H]([C@H]2OC(C)(C)O[C@H]2COC(=O)C(C)(C)C)O[C@H](CCOC(c2ccccc2)(c2ccccc2)c2ccccc2)[C@@H]1OCOC. The third kappa shape index (κ3) is 9.53. The fourth-order valence-electron chi connectivity index (χ4n) is 7.77. The van der Waals surface area contributed by atoms with Crippen molar-refractivity contribution >= 4 is 14.3 Å². The van der Waals surface area contributed by atoms with Gasteiger partial charge in [0.2, 0.25) is 0 Å². The molecule has 2 heterocycles. The van der Waals surface area contributed by atoms with Gasteiger partial charge in [0.1, 0.15) is 49.5 Å². The summed E-state index contributed by atoms with van der Waals surface area (Å²) in [5.41, 5.74) is 1.53. The van der Waals surface area contributed by atoms with Crippen LogP contribution in [0.3, 0.4) is 0 Å². The number of ether oxygens (including phenoxy) is 7. The van der Waals surface area contributed by atoms with Crippen molar-refractivity contribution in [3.63, 3.8) is 0 Å². The van der Waals surface area contributed by atoms with Crippen LogP contribution in [0.5, 0.6) is 0 Å². The number of benzene rings is 3. The van der Waals surface area contributed by atoms with Crippen LogP contribution in [-0.4, -0.2) is 83.8 Å². The van der Waals surface area contributed by atoms with Crippen LogP contribution < -0.4 is 0 Å². The molecule has 0 radical (unpaired) electrons. The first-order chi connectivity index (χ1) is 25.8. The van der Waals surface area contributed by atoms with E-state index in [4.69, 9.17) is 37.6 Å². The van der Waals surface area contributed by atoms with Gasteiger partial charge in [-0.2, -0.15) is 0 Å². The first kappa shape index (κ1) is 42.2. The van der Waals surface area contributed by atoms with Gasteiger partial charge in [-0.15, -0.1) is 0 Å². The van der Waals surface area contributed by atoms with E-state index in [2.05, 4.69) is 57.2 Å². The largest absolute Gasteiger partial charge is 0.462 e. The molecule has 3 aromatic carbocycles. The second-order valence-corrected chi connectivity index (χ2v) is 20.6. The highest BCUT2D eigenvalue weighted by molar-refractivity contribution is 6.73. The van der Waals surface area contributed by atoms with Crippen molar-refractivity contribution in [1.29, 1.82) is 0 Å². The number of hydrogen-bond donors (Lipinski definition) is 0. The van der Waals surface area contributed by atoms with Gasteiger partial charge in [0, 0.05) is 7.11 Å². The molecule has 0 N–H and O–H groups in total. The van der Waals surface area contributed by atoms with E-state index < -0.39 is 61.7 Å². The molecular formula is C44H62O9Si. The van der Waals surface area contributed by atoms with Gasteiger partial charge in [-0.3, -0.25) is 4.79 Å². The highest BCUT2D eigenvalue weighted by Gasteiger charge is 2.57. The second kappa shape index (κ2) is 18.3. The van der Waals surface area contributed by atoms with E-state index >= 15 is 0 Å². The van der Waals surface area contributed by atoms with Crippen LogP contribution in [0, 0.1) is 5.41 Å². The molecule has 54 heavy (non-hydrogen) atoms. The van der Waals surface area contributed by atoms with Crippen LogP contribution in [0.15, 0.2) is 91.0 Å². The lowest BCUT2D eigenvalue weighted by atomic mass is 9.80. The van der Waals surface area contributed by atoms with Crippen LogP contribution >= 0.6 is 0 Å². The van der Waals surface area contributed by atoms with E-state index in [1.807, 2.05) is 89.2 Å². The zero-order chi connectivity index (χ0) is 39.0. The Kier molecular flexibility index (Phi) is 14.3. The Hall–Kier alpha value is -2.93. The predicted octanol–water partition coefficient (Wildman–Crippen LogP) is 8.64. The molecule has 5 rings (SSSR count). The first-order valence-electron chi connectivity index (χ1n) is 19.6. The molecule has 10 heteroatoms. The van der Waals surface area contributed by atoms with Crippen LogP contribution in [0.2, 0.25) is 18.1 Å². The maximum Gasteiger partial charge on any atom is 0.311 e. The molecular weight excluding hydrogens is 701 g/mol. The smallest absolute Gasteiger partial charge is 0.311 e. The van der Waals surface area contributed by atoms with Gasteiger partial charge in [0.15, 0.2) is 14.1 Å². The van der Waals surface area contributed by atoms with Gasteiger partial charge in [-0.05, 0) is 75.9 Å². The minimum atomic E-state index is -2.21. The quantitative estimate of drug-likeness (QED) is 0.0547. The summed E-state index contributed by atoms with van der Waals surface area (Å²) in [7, 11) is -0.593. The molecule has 0 bridgehead atoms. The summed E-state index contributed by atoms with van der Waals surface area (Å²) >= 11 is 0. The lowest BCUT2D eigenvalue weighted by molar-refractivity contribution is -0.168. The van der Waals surface area contributed by atoms with Crippen molar-refractivity contribution < 1.29 is 42.4 Å². The lowest BCUT2D eigenvalue weighted by Gasteiger charge is -2.37. The van der Waals surface area contributed by atoms with E-state index in [9.17, 15) is 4.79 Å². The normalized spacial score (nSPS) is 24.5. The molecule has 0 saturated carbocycles. The summed E-state index contributed by atoms with van der Waals surface area (Å²) in [5, 5.41) is 0. The van der Waals surface area contributed by atoms with E-state index in [1.165, 1.54) is 0 Å². The Balaban J connectivity index is 1.51. The molecule has 296 valence electrons. The maximum absolute atomic E-state index is 12.9. The van der Waals surface area contributed by atoms with Crippen molar-refractivity contribution in [2.45, 2.75) is 128 Å². The summed E-state index contributed by atoms with van der Waals surface area (Å²) in [6.07, 6.45) is -2.65. The number of hydrogen-bond acceptors (Lipinski definition) is 9. The zero-order valence-corrected chi connectivity index (χ0v) is 34.7. The average Bonchev–Trinajstić information content (AvgIpc) is 3.68. The molecule has 0 aromatic heterocycles. The Bertz CT molecular complexity index is 1470. The summed E-state index contributed by atoms with van der Waals surface area (Å²) < 4.78 is 52.4. The zero-order valence-electron chi connectivity index (χ0n) is 33.7. The van der Waals surface area contributed by atoms with Crippen molar-refractivity contribution in [2.24, 2.45) is 5.41 Å². The van der Waals surface area contributed by atoms with Crippen molar-refractivity contribution in [3.05, 3.63) is 108 Å². The minimum absolute atomic E-state index is 0.0276. The molecule has 0 amide bonds. The van der Waals surface area contributed by atoms with Gasteiger partial charge in [0.25, 0.3) is 0 Å². The molecule has 2 fully saturated rings. The molecule has 2 saturated heterocycles. The van der Waals surface area contributed by atoms with Crippen molar-refractivity contribution in [1.82, 2.24) is 0 Å². The van der Waals surface area contributed by atoms with E-state index in [1.54, 1.807) is 7.11 Å². The van der Waals surface area contributed by atoms with Gasteiger partial charge in [-0.1, -0.05) is 112 Å². The fourth-order valence-corrected chi connectivity index (χ4v) is 10.6. The molecule has 2 aliphatic heterocycles. The average molecular weight is 763 g/mol. The summed E-state index contributed by atoms with van der Waals surface area (Å²) in [6.45, 7) is 16.3. The van der Waals surface area contributed by atoms with E-state index in [-0.39, 0.29) is 19.4 Å². The number of carbonyl (C=O) groups excluding carboxylic acids is 1. The monoisotopic (exact) mass is 762 g/mol. The molecule has 2 aliphatic rings. The van der Waals surface area contributed by atoms with Crippen molar-refractivity contribution in [3.8, 4) is 0 Å². The molecule has 3 aromatic rings. The first-order valence-corrected chi connectivity index (χ1v) is 22.1. The van der Waals surface area contributed by atoms with Crippen LogP contribution in [-0.2, 0) is 48.0 Å². The summed E-state index contributed by atoms with van der Waals surface area (Å²) in [5.74, 6) is -1.24. The Morgan fingerprint density at radius 3 is 1.72 bits per heavy atom. The highest BCUT2D eigenvalue weighted by atomic mass is 28.4. The molecule has 0 spiro atoms. The summed E-state index contributed by atoms with van der Waals surface area (Å²) in [4.78, 5) is 12.9. The van der Waals surface area contributed by atoms with Gasteiger partial charge in [-0.25, -0.2) is 0 Å². The topological polar surface area (TPSA) is 90.9 Å². The highest BCUT2D eigenvalue weighted by Crippen LogP contribution is 2.43. The minimum Gasteiger partial charge on any atom is -0.462 e. The second-order valence-electron chi connectivity index (χ2n) is 15.9. The molecule has 0 aliphatic carbocycles. The van der Waals surface area contributed by atoms with Crippen LogP contribution in [0.25, 0.3) is 0 Å². The fraction of sp³-hybridized carbons (Fsp3) is 0.568. The number of esters is 1. The maximum atomic E-state index is 12.9. The van der Waals surface area contributed by atoms with E-state index in [0.29, 0.717) is 13.0 Å². The standard InChI is InChI=1S/C44H62O9Si/c1-10-54(11-2,12-3)53-40-37(48-31-46-9)35(50-39(40)38-36(51-43(7,8)52-38)30-47-41(45)42(4,5)6)28-29-49-44(32-22-16-13-17-23-32,33-24-18-14-19-25-33)34-26-20-15-21-27-34/h13-27,35-40H,10-12,28-31H2,1-9H3/t35-,36+,37+,38+,39+,40+/m1/s1.